The summed E-state index contributed by atoms with van der Waals surface area (Å²) in [6.07, 6.45) is 1.65. The molecule has 16 heavy (non-hydrogen) atoms. The van der Waals surface area contributed by atoms with Gasteiger partial charge in [-0.1, -0.05) is 30.3 Å². The highest BCUT2D eigenvalue weighted by atomic mass is 16.2. The van der Waals surface area contributed by atoms with Gasteiger partial charge in [-0.3, -0.25) is 0 Å². The van der Waals surface area contributed by atoms with E-state index in [0.717, 1.165) is 30.8 Å². The Balaban J connectivity index is 2.13. The van der Waals surface area contributed by atoms with E-state index >= 15 is 0 Å². The number of nitrogens with zero attached hydrogens (tertiary/aromatic N) is 4. The zero-order valence-corrected chi connectivity index (χ0v) is 8.95. The van der Waals surface area contributed by atoms with Crippen LogP contribution in [0.15, 0.2) is 30.3 Å². The Bertz CT molecular complexity index is 427. The van der Waals surface area contributed by atoms with Crippen LogP contribution in [-0.2, 0) is 6.54 Å². The number of hydrogen-bond donors (Lipinski definition) is 1. The molecular formula is C11H14N4O. The van der Waals surface area contributed by atoms with Gasteiger partial charge in [0.25, 0.3) is 0 Å². The maximum Gasteiger partial charge on any atom is 0.182 e. The van der Waals surface area contributed by atoms with E-state index in [1.54, 1.807) is 4.68 Å². The van der Waals surface area contributed by atoms with Gasteiger partial charge in [-0.2, -0.15) is 0 Å². The molecule has 2 aromatic rings. The third kappa shape index (κ3) is 2.43. The fraction of sp³-hybridized carbons (Fsp3) is 0.364. The molecule has 1 aromatic heterocycles. The van der Waals surface area contributed by atoms with Crippen molar-refractivity contribution in [3.63, 3.8) is 0 Å². The molecular weight excluding hydrogens is 204 g/mol. The van der Waals surface area contributed by atoms with Crippen LogP contribution in [0.1, 0.15) is 12.8 Å². The molecule has 0 spiro atoms. The van der Waals surface area contributed by atoms with Gasteiger partial charge in [-0.25, -0.2) is 4.68 Å². The fourth-order valence-corrected chi connectivity index (χ4v) is 1.52. The maximum absolute atomic E-state index is 8.72. The number of unbranched alkanes of at least 4 members (excludes halogenated alkanes) is 1. The summed E-state index contributed by atoms with van der Waals surface area (Å²) in [5.74, 6) is 0.776. The molecule has 0 saturated heterocycles. The van der Waals surface area contributed by atoms with E-state index in [2.05, 4.69) is 15.5 Å². The van der Waals surface area contributed by atoms with Gasteiger partial charge in [-0.05, 0) is 23.3 Å². The van der Waals surface area contributed by atoms with Crippen molar-refractivity contribution in [3.8, 4) is 11.4 Å². The molecule has 0 fully saturated rings. The SMILES string of the molecule is OCCCCn1nnnc1-c1ccccc1. The average Bonchev–Trinajstić information content (AvgIpc) is 2.79. The molecule has 0 aliphatic heterocycles. The first kappa shape index (κ1) is 10.8. The van der Waals surface area contributed by atoms with E-state index in [0.29, 0.717) is 0 Å². The Morgan fingerprint density at radius 1 is 1.12 bits per heavy atom. The molecule has 0 amide bonds. The number of tetrazole rings is 1. The first-order valence-electron chi connectivity index (χ1n) is 5.34. The molecule has 2 rings (SSSR count). The van der Waals surface area contributed by atoms with Crippen LogP contribution in [0.3, 0.4) is 0 Å². The molecule has 5 heteroatoms. The van der Waals surface area contributed by atoms with Crippen molar-refractivity contribution in [2.45, 2.75) is 19.4 Å². The fourth-order valence-electron chi connectivity index (χ4n) is 1.52. The minimum absolute atomic E-state index is 0.211. The predicted molar refractivity (Wildman–Crippen MR) is 59.6 cm³/mol. The second kappa shape index (κ2) is 5.37. The quantitative estimate of drug-likeness (QED) is 0.764. The highest BCUT2D eigenvalue weighted by Crippen LogP contribution is 2.14. The summed E-state index contributed by atoms with van der Waals surface area (Å²) in [6.45, 7) is 0.945. The lowest BCUT2D eigenvalue weighted by atomic mass is 10.2. The van der Waals surface area contributed by atoms with Gasteiger partial charge in [0.2, 0.25) is 0 Å². The lowest BCUT2D eigenvalue weighted by molar-refractivity contribution is 0.280. The van der Waals surface area contributed by atoms with E-state index in [1.165, 1.54) is 0 Å². The average molecular weight is 218 g/mol. The molecule has 5 nitrogen and oxygen atoms in total. The van der Waals surface area contributed by atoms with E-state index in [9.17, 15) is 0 Å². The maximum atomic E-state index is 8.72. The van der Waals surface area contributed by atoms with Gasteiger partial charge in [0.1, 0.15) is 0 Å². The van der Waals surface area contributed by atoms with Crippen LogP contribution in [0.5, 0.6) is 0 Å². The van der Waals surface area contributed by atoms with Crippen molar-refractivity contribution in [3.05, 3.63) is 30.3 Å². The second-order valence-electron chi connectivity index (χ2n) is 3.52. The smallest absolute Gasteiger partial charge is 0.182 e. The standard InChI is InChI=1S/C11H14N4O/c16-9-5-4-8-15-11(12-13-14-15)10-6-2-1-3-7-10/h1-3,6-7,16H,4-5,8-9H2. The Morgan fingerprint density at radius 3 is 2.69 bits per heavy atom. The number of aromatic nitrogens is 4. The van der Waals surface area contributed by atoms with Crippen LogP contribution in [0.2, 0.25) is 0 Å². The van der Waals surface area contributed by atoms with Crippen LogP contribution in [-0.4, -0.2) is 31.9 Å². The van der Waals surface area contributed by atoms with Crippen molar-refractivity contribution < 1.29 is 5.11 Å². The number of rotatable bonds is 5. The Labute approximate surface area is 93.7 Å². The monoisotopic (exact) mass is 218 g/mol. The number of aliphatic hydroxyl groups is 1. The van der Waals surface area contributed by atoms with E-state index in [4.69, 9.17) is 5.11 Å². The Hall–Kier alpha value is -1.75. The summed E-state index contributed by atoms with van der Waals surface area (Å²) in [5, 5.41) is 20.3. The highest BCUT2D eigenvalue weighted by molar-refractivity contribution is 5.53. The van der Waals surface area contributed by atoms with Crippen molar-refractivity contribution in [2.24, 2.45) is 0 Å². The molecule has 1 aromatic carbocycles. The summed E-state index contributed by atoms with van der Waals surface area (Å²) in [5.41, 5.74) is 1.01. The van der Waals surface area contributed by atoms with Gasteiger partial charge < -0.3 is 5.11 Å². The summed E-state index contributed by atoms with van der Waals surface area (Å²) in [4.78, 5) is 0. The zero-order valence-electron chi connectivity index (χ0n) is 8.95. The number of hydrogen-bond acceptors (Lipinski definition) is 4. The zero-order chi connectivity index (χ0) is 11.2. The molecule has 0 aliphatic rings. The molecule has 0 saturated carbocycles. The van der Waals surface area contributed by atoms with Crippen LogP contribution >= 0.6 is 0 Å². The van der Waals surface area contributed by atoms with Crippen molar-refractivity contribution in [2.75, 3.05) is 6.61 Å². The lowest BCUT2D eigenvalue weighted by Crippen LogP contribution is -2.03. The van der Waals surface area contributed by atoms with Gasteiger partial charge in [0, 0.05) is 18.7 Å². The van der Waals surface area contributed by atoms with Gasteiger partial charge in [0.05, 0.1) is 0 Å². The van der Waals surface area contributed by atoms with Gasteiger partial charge in [-0.15, -0.1) is 5.10 Å². The van der Waals surface area contributed by atoms with E-state index in [1.807, 2.05) is 30.3 Å². The van der Waals surface area contributed by atoms with Crippen LogP contribution < -0.4 is 0 Å². The number of aliphatic hydroxyl groups excluding tert-OH is 1. The molecule has 0 radical (unpaired) electrons. The van der Waals surface area contributed by atoms with Crippen LogP contribution in [0, 0.1) is 0 Å². The minimum atomic E-state index is 0.211. The van der Waals surface area contributed by atoms with Crippen LogP contribution in [0.25, 0.3) is 11.4 Å². The molecule has 84 valence electrons. The highest BCUT2D eigenvalue weighted by Gasteiger charge is 2.07. The first-order chi connectivity index (χ1) is 7.92. The normalized spacial score (nSPS) is 10.6. The van der Waals surface area contributed by atoms with Crippen LogP contribution in [0.4, 0.5) is 0 Å². The number of aryl methyl sites for hydroxylation is 1. The van der Waals surface area contributed by atoms with E-state index in [-0.39, 0.29) is 6.61 Å². The molecule has 0 unspecified atom stereocenters. The largest absolute Gasteiger partial charge is 0.396 e. The van der Waals surface area contributed by atoms with Gasteiger partial charge >= 0.3 is 0 Å². The van der Waals surface area contributed by atoms with Crippen molar-refractivity contribution >= 4 is 0 Å². The summed E-state index contributed by atoms with van der Waals surface area (Å²) >= 11 is 0. The summed E-state index contributed by atoms with van der Waals surface area (Å²) < 4.78 is 1.77. The third-order valence-electron chi connectivity index (χ3n) is 2.34. The molecule has 0 atom stereocenters. The Morgan fingerprint density at radius 2 is 1.94 bits per heavy atom. The predicted octanol–water partition coefficient (Wildman–Crippen LogP) is 1.11. The summed E-state index contributed by atoms with van der Waals surface area (Å²) in [6, 6.07) is 9.84. The molecule has 1 N–H and O–H groups in total. The number of benzene rings is 1. The van der Waals surface area contributed by atoms with Crippen molar-refractivity contribution in [1.29, 1.82) is 0 Å². The van der Waals surface area contributed by atoms with Gasteiger partial charge in [0.15, 0.2) is 5.82 Å². The first-order valence-corrected chi connectivity index (χ1v) is 5.34. The molecule has 0 aliphatic carbocycles. The molecule has 0 bridgehead atoms. The molecule has 1 heterocycles. The topological polar surface area (TPSA) is 63.8 Å². The summed E-state index contributed by atoms with van der Waals surface area (Å²) in [7, 11) is 0. The van der Waals surface area contributed by atoms with E-state index < -0.39 is 0 Å². The van der Waals surface area contributed by atoms with Crippen molar-refractivity contribution in [1.82, 2.24) is 20.2 Å². The Kier molecular flexibility index (Phi) is 3.61. The lowest BCUT2D eigenvalue weighted by Gasteiger charge is -2.03. The second-order valence-corrected chi connectivity index (χ2v) is 3.52. The third-order valence-corrected chi connectivity index (χ3v) is 2.34. The minimum Gasteiger partial charge on any atom is -0.396 e.